The lowest BCUT2D eigenvalue weighted by molar-refractivity contribution is 0.0342. The van der Waals surface area contributed by atoms with Crippen molar-refractivity contribution >= 4 is 5.91 Å². The predicted octanol–water partition coefficient (Wildman–Crippen LogP) is 3.63. The molecule has 4 nitrogen and oxygen atoms in total. The highest BCUT2D eigenvalue weighted by Gasteiger charge is 2.14. The van der Waals surface area contributed by atoms with E-state index >= 15 is 0 Å². The number of benzene rings is 2. The summed E-state index contributed by atoms with van der Waals surface area (Å²) in [4.78, 5) is 15.0. The predicted molar refractivity (Wildman–Crippen MR) is 104 cm³/mol. The van der Waals surface area contributed by atoms with Crippen LogP contribution in [0.5, 0.6) is 0 Å². The fourth-order valence-corrected chi connectivity index (χ4v) is 3.23. The first-order chi connectivity index (χ1) is 12.5. The Bertz CT molecular complexity index is 766. The molecule has 0 spiro atoms. The van der Waals surface area contributed by atoms with Gasteiger partial charge in [-0.25, -0.2) is 0 Å². The van der Waals surface area contributed by atoms with Gasteiger partial charge in [0, 0.05) is 25.2 Å². The molecule has 1 fully saturated rings. The molecule has 1 saturated heterocycles. The molecule has 0 saturated carbocycles. The van der Waals surface area contributed by atoms with Crippen LogP contribution in [0.4, 0.5) is 0 Å². The minimum atomic E-state index is -0.0282. The van der Waals surface area contributed by atoms with Gasteiger partial charge in [-0.05, 0) is 55.2 Å². The normalized spacial score (nSPS) is 16.3. The number of carbonyl (C=O) groups excluding carboxylic acids is 1. The summed E-state index contributed by atoms with van der Waals surface area (Å²) in [6, 6.07) is 14.2. The summed E-state index contributed by atoms with van der Waals surface area (Å²) in [6.45, 7) is 10.5. The van der Waals surface area contributed by atoms with E-state index in [1.54, 1.807) is 0 Å². The van der Waals surface area contributed by atoms with Crippen LogP contribution in [0.15, 0.2) is 42.5 Å². The van der Waals surface area contributed by atoms with Crippen molar-refractivity contribution in [3.05, 3.63) is 70.3 Å². The van der Waals surface area contributed by atoms with Crippen molar-refractivity contribution in [1.29, 1.82) is 0 Å². The highest BCUT2D eigenvalue weighted by molar-refractivity contribution is 5.94. The zero-order chi connectivity index (χ0) is 18.5. The van der Waals surface area contributed by atoms with Gasteiger partial charge in [-0.15, -0.1) is 0 Å². The van der Waals surface area contributed by atoms with Gasteiger partial charge in [0.2, 0.25) is 0 Å². The summed E-state index contributed by atoms with van der Waals surface area (Å²) in [5.41, 5.74) is 5.52. The maximum absolute atomic E-state index is 12.7. The number of aryl methyl sites for hydroxylation is 2. The largest absolute Gasteiger partial charge is 0.379 e. The van der Waals surface area contributed by atoms with Crippen molar-refractivity contribution in [2.24, 2.45) is 0 Å². The fourth-order valence-electron chi connectivity index (χ4n) is 3.23. The van der Waals surface area contributed by atoms with Gasteiger partial charge in [0.15, 0.2) is 0 Å². The first kappa shape index (κ1) is 18.6. The Kier molecular flexibility index (Phi) is 6.07. The van der Waals surface area contributed by atoms with E-state index in [1.165, 1.54) is 16.7 Å². The van der Waals surface area contributed by atoms with E-state index in [0.717, 1.165) is 38.4 Å². The van der Waals surface area contributed by atoms with Crippen LogP contribution < -0.4 is 5.32 Å². The summed E-state index contributed by atoms with van der Waals surface area (Å²) in [5.74, 6) is -0.0282. The highest BCUT2D eigenvalue weighted by atomic mass is 16.5. The second-order valence-electron chi connectivity index (χ2n) is 7.13. The molecule has 1 heterocycles. The van der Waals surface area contributed by atoms with Crippen LogP contribution in [-0.4, -0.2) is 37.1 Å². The SMILES string of the molecule is Cc1ccc([C@H](C)NC(=O)c2cccc(CN3CCOCC3)c2)cc1C. The van der Waals surface area contributed by atoms with E-state index in [4.69, 9.17) is 4.74 Å². The van der Waals surface area contributed by atoms with Gasteiger partial charge >= 0.3 is 0 Å². The number of hydrogen-bond donors (Lipinski definition) is 1. The minimum Gasteiger partial charge on any atom is -0.379 e. The summed E-state index contributed by atoms with van der Waals surface area (Å²) in [6.07, 6.45) is 0. The molecule has 3 rings (SSSR count). The third-order valence-corrected chi connectivity index (χ3v) is 5.08. The molecule has 26 heavy (non-hydrogen) atoms. The molecule has 0 bridgehead atoms. The molecular weight excluding hydrogens is 324 g/mol. The van der Waals surface area contributed by atoms with E-state index in [-0.39, 0.29) is 11.9 Å². The molecule has 4 heteroatoms. The average molecular weight is 352 g/mol. The number of ether oxygens (including phenoxy) is 1. The molecule has 2 aromatic rings. The van der Waals surface area contributed by atoms with Gasteiger partial charge in [0.25, 0.3) is 5.91 Å². The second-order valence-corrected chi connectivity index (χ2v) is 7.13. The van der Waals surface area contributed by atoms with Crippen molar-refractivity contribution < 1.29 is 9.53 Å². The van der Waals surface area contributed by atoms with Crippen molar-refractivity contribution in [3.63, 3.8) is 0 Å². The number of amides is 1. The zero-order valence-corrected chi connectivity index (χ0v) is 15.9. The quantitative estimate of drug-likeness (QED) is 0.893. The van der Waals surface area contributed by atoms with Crippen LogP contribution in [0.1, 0.15) is 45.6 Å². The second kappa shape index (κ2) is 8.47. The van der Waals surface area contributed by atoms with E-state index in [9.17, 15) is 4.79 Å². The van der Waals surface area contributed by atoms with E-state index < -0.39 is 0 Å². The number of morpholine rings is 1. The summed E-state index contributed by atoms with van der Waals surface area (Å²) in [7, 11) is 0. The maximum Gasteiger partial charge on any atom is 0.251 e. The molecule has 2 aromatic carbocycles. The Balaban J connectivity index is 1.65. The average Bonchev–Trinajstić information content (AvgIpc) is 2.65. The Morgan fingerprint density at radius 1 is 1.12 bits per heavy atom. The first-order valence-electron chi connectivity index (χ1n) is 9.30. The number of rotatable bonds is 5. The third-order valence-electron chi connectivity index (χ3n) is 5.08. The number of hydrogen-bond acceptors (Lipinski definition) is 3. The van der Waals surface area contributed by atoms with Crippen molar-refractivity contribution in [2.75, 3.05) is 26.3 Å². The van der Waals surface area contributed by atoms with E-state index in [0.29, 0.717) is 5.56 Å². The van der Waals surface area contributed by atoms with Crippen LogP contribution in [-0.2, 0) is 11.3 Å². The van der Waals surface area contributed by atoms with Crippen molar-refractivity contribution in [3.8, 4) is 0 Å². The van der Waals surface area contributed by atoms with Gasteiger partial charge in [0.1, 0.15) is 0 Å². The topological polar surface area (TPSA) is 41.6 Å². The standard InChI is InChI=1S/C22H28N2O2/c1-16-7-8-20(13-17(16)2)18(3)23-22(25)21-6-4-5-19(14-21)15-24-9-11-26-12-10-24/h4-8,13-14,18H,9-12,15H2,1-3H3,(H,23,25)/t18-/m0/s1. The van der Waals surface area contributed by atoms with Gasteiger partial charge in [0.05, 0.1) is 19.3 Å². The molecule has 1 N–H and O–H groups in total. The summed E-state index contributed by atoms with van der Waals surface area (Å²) in [5, 5.41) is 3.12. The van der Waals surface area contributed by atoms with Gasteiger partial charge < -0.3 is 10.1 Å². The van der Waals surface area contributed by atoms with Gasteiger partial charge in [-0.1, -0.05) is 30.3 Å². The molecule has 138 valence electrons. The van der Waals surface area contributed by atoms with Gasteiger partial charge in [-0.2, -0.15) is 0 Å². The molecular formula is C22H28N2O2. The lowest BCUT2D eigenvalue weighted by Crippen LogP contribution is -2.35. The Labute approximate surface area is 156 Å². The molecule has 0 aliphatic carbocycles. The van der Waals surface area contributed by atoms with E-state index in [1.807, 2.05) is 25.1 Å². The molecule has 1 amide bonds. The molecule has 1 atom stereocenters. The lowest BCUT2D eigenvalue weighted by Gasteiger charge is -2.26. The van der Waals surface area contributed by atoms with Gasteiger partial charge in [-0.3, -0.25) is 9.69 Å². The Morgan fingerprint density at radius 2 is 1.88 bits per heavy atom. The smallest absolute Gasteiger partial charge is 0.251 e. The lowest BCUT2D eigenvalue weighted by atomic mass is 10.0. The zero-order valence-electron chi connectivity index (χ0n) is 15.9. The summed E-state index contributed by atoms with van der Waals surface area (Å²) >= 11 is 0. The van der Waals surface area contributed by atoms with Crippen LogP contribution in [0.2, 0.25) is 0 Å². The van der Waals surface area contributed by atoms with Crippen LogP contribution in [0.3, 0.4) is 0 Å². The fraction of sp³-hybridized carbons (Fsp3) is 0.409. The molecule has 0 aromatic heterocycles. The first-order valence-corrected chi connectivity index (χ1v) is 9.30. The van der Waals surface area contributed by atoms with Crippen LogP contribution in [0, 0.1) is 13.8 Å². The summed E-state index contributed by atoms with van der Waals surface area (Å²) < 4.78 is 5.40. The molecule has 1 aliphatic heterocycles. The van der Waals surface area contributed by atoms with Crippen molar-refractivity contribution in [2.45, 2.75) is 33.4 Å². The highest BCUT2D eigenvalue weighted by Crippen LogP contribution is 2.18. The molecule has 0 unspecified atom stereocenters. The Morgan fingerprint density at radius 3 is 2.62 bits per heavy atom. The number of nitrogens with zero attached hydrogens (tertiary/aromatic N) is 1. The molecule has 0 radical (unpaired) electrons. The van der Waals surface area contributed by atoms with Crippen LogP contribution >= 0.6 is 0 Å². The molecule has 1 aliphatic rings. The number of carbonyl (C=O) groups is 1. The van der Waals surface area contributed by atoms with E-state index in [2.05, 4.69) is 48.3 Å². The monoisotopic (exact) mass is 352 g/mol. The van der Waals surface area contributed by atoms with Crippen molar-refractivity contribution in [1.82, 2.24) is 10.2 Å². The Hall–Kier alpha value is -2.17. The number of nitrogens with one attached hydrogen (secondary N) is 1. The third kappa shape index (κ3) is 4.71. The maximum atomic E-state index is 12.7. The minimum absolute atomic E-state index is 0.0234. The van der Waals surface area contributed by atoms with Crippen LogP contribution in [0.25, 0.3) is 0 Å².